The van der Waals surface area contributed by atoms with E-state index in [0.29, 0.717) is 43.2 Å². The number of carboxylic acid groups (broad SMARTS) is 1. The van der Waals surface area contributed by atoms with Crippen molar-refractivity contribution in [1.82, 2.24) is 5.32 Å². The number of ether oxygens (including phenoxy) is 1. The third-order valence-corrected chi connectivity index (χ3v) is 8.94. The molecule has 1 saturated heterocycles. The van der Waals surface area contributed by atoms with Gasteiger partial charge in [0.05, 0.1) is 16.7 Å². The van der Waals surface area contributed by atoms with Gasteiger partial charge in [-0.3, -0.25) is 4.79 Å². The maximum Gasteiger partial charge on any atom is 0.336 e. The molecule has 8 heteroatoms. The molecule has 242 valence electrons. The molecule has 1 fully saturated rings. The second-order valence-corrected chi connectivity index (χ2v) is 12.1. The zero-order valence-electron chi connectivity index (χ0n) is 26.4. The summed E-state index contributed by atoms with van der Waals surface area (Å²) in [6.07, 6.45) is 1.44. The van der Waals surface area contributed by atoms with E-state index in [2.05, 4.69) is 79.8 Å². The lowest BCUT2D eigenvalue weighted by Gasteiger charge is -2.38. The fraction of sp³-hybridized carbons (Fsp3) is 0.316. The Balaban J connectivity index is 0.000000240. The first-order valence-corrected chi connectivity index (χ1v) is 16.0. The Kier molecular flexibility index (Phi) is 12.2. The zero-order chi connectivity index (χ0) is 33.3. The summed E-state index contributed by atoms with van der Waals surface area (Å²) in [5.41, 5.74) is 0.531. The number of aromatic carboxylic acids is 1. The monoisotopic (exact) mass is 645 g/mol. The average Bonchev–Trinajstić information content (AvgIpc) is 3.09. The van der Waals surface area contributed by atoms with Crippen molar-refractivity contribution in [2.45, 2.75) is 57.7 Å². The SMILES string of the molecule is CC(NC(C)c1ccccc1)c1ccccc1.CCC(O)(c1cc(F)c(C(=O)c2ccc(Cl)cc2)c(C(=O)O)c1)C1CCOCC1. The van der Waals surface area contributed by atoms with Crippen LogP contribution in [-0.4, -0.2) is 35.2 Å². The first-order valence-electron chi connectivity index (χ1n) is 15.6. The highest BCUT2D eigenvalue weighted by Crippen LogP contribution is 2.40. The summed E-state index contributed by atoms with van der Waals surface area (Å²) >= 11 is 5.82. The fourth-order valence-electron chi connectivity index (χ4n) is 5.96. The molecule has 3 atom stereocenters. The van der Waals surface area contributed by atoms with Gasteiger partial charge in [-0.15, -0.1) is 0 Å². The predicted molar refractivity (Wildman–Crippen MR) is 179 cm³/mol. The number of hydrogen-bond donors (Lipinski definition) is 3. The molecule has 1 heterocycles. The number of halogens is 2. The predicted octanol–water partition coefficient (Wildman–Crippen LogP) is 8.53. The summed E-state index contributed by atoms with van der Waals surface area (Å²) in [6.45, 7) is 7.13. The van der Waals surface area contributed by atoms with Gasteiger partial charge in [-0.1, -0.05) is 79.2 Å². The second kappa shape index (κ2) is 16.1. The summed E-state index contributed by atoms with van der Waals surface area (Å²) < 4.78 is 20.4. The van der Waals surface area contributed by atoms with Crippen LogP contribution in [0.4, 0.5) is 4.39 Å². The molecular formula is C38H41ClFNO5. The van der Waals surface area contributed by atoms with Crippen LogP contribution in [0.1, 0.15) is 95.1 Å². The molecule has 6 nitrogen and oxygen atoms in total. The quantitative estimate of drug-likeness (QED) is 0.150. The Morgan fingerprint density at radius 3 is 1.91 bits per heavy atom. The molecule has 0 aliphatic carbocycles. The lowest BCUT2D eigenvalue weighted by Crippen LogP contribution is -2.38. The van der Waals surface area contributed by atoms with E-state index in [4.69, 9.17) is 16.3 Å². The van der Waals surface area contributed by atoms with E-state index in [1.54, 1.807) is 6.92 Å². The molecule has 3 unspecified atom stereocenters. The Hall–Kier alpha value is -3.88. The van der Waals surface area contributed by atoms with Crippen LogP contribution >= 0.6 is 11.6 Å². The lowest BCUT2D eigenvalue weighted by atomic mass is 9.74. The molecule has 46 heavy (non-hydrogen) atoms. The number of aliphatic hydroxyl groups is 1. The van der Waals surface area contributed by atoms with Gasteiger partial charge in [-0.2, -0.15) is 0 Å². The molecule has 1 aliphatic rings. The van der Waals surface area contributed by atoms with Crippen LogP contribution < -0.4 is 5.32 Å². The van der Waals surface area contributed by atoms with Crippen LogP contribution in [-0.2, 0) is 10.3 Å². The summed E-state index contributed by atoms with van der Waals surface area (Å²) in [5.74, 6) is -3.36. The second-order valence-electron chi connectivity index (χ2n) is 11.6. The van der Waals surface area contributed by atoms with Gasteiger partial charge in [-0.25, -0.2) is 9.18 Å². The first-order chi connectivity index (χ1) is 22.0. The highest BCUT2D eigenvalue weighted by atomic mass is 35.5. The summed E-state index contributed by atoms with van der Waals surface area (Å²) in [5, 5.41) is 25.0. The maximum atomic E-state index is 15.1. The van der Waals surface area contributed by atoms with E-state index in [1.165, 1.54) is 41.5 Å². The van der Waals surface area contributed by atoms with Crippen molar-refractivity contribution < 1.29 is 28.9 Å². The molecular weight excluding hydrogens is 605 g/mol. The van der Waals surface area contributed by atoms with Crippen molar-refractivity contribution in [3.63, 3.8) is 0 Å². The Bertz CT molecular complexity index is 1550. The van der Waals surface area contributed by atoms with E-state index in [9.17, 15) is 19.8 Å². The van der Waals surface area contributed by atoms with Crippen LogP contribution in [0.25, 0.3) is 0 Å². The number of nitrogens with one attached hydrogen (secondary N) is 1. The van der Waals surface area contributed by atoms with Gasteiger partial charge in [0.25, 0.3) is 0 Å². The van der Waals surface area contributed by atoms with Gasteiger partial charge in [0.15, 0.2) is 5.78 Å². The molecule has 4 aromatic rings. The topological polar surface area (TPSA) is 95.9 Å². The number of hydrogen-bond acceptors (Lipinski definition) is 5. The average molecular weight is 646 g/mol. The summed E-state index contributed by atoms with van der Waals surface area (Å²) in [4.78, 5) is 24.7. The third kappa shape index (κ3) is 8.47. The van der Waals surface area contributed by atoms with Crippen molar-refractivity contribution in [1.29, 1.82) is 0 Å². The van der Waals surface area contributed by atoms with Crippen molar-refractivity contribution in [2.75, 3.05) is 13.2 Å². The van der Waals surface area contributed by atoms with Crippen molar-refractivity contribution >= 4 is 23.4 Å². The minimum absolute atomic E-state index is 0.124. The number of carbonyl (C=O) groups is 2. The highest BCUT2D eigenvalue weighted by Gasteiger charge is 2.39. The first kappa shape index (κ1) is 35.0. The number of rotatable bonds is 10. The molecule has 0 aromatic heterocycles. The lowest BCUT2D eigenvalue weighted by molar-refractivity contribution is -0.0732. The third-order valence-electron chi connectivity index (χ3n) is 8.69. The van der Waals surface area contributed by atoms with Gasteiger partial charge < -0.3 is 20.3 Å². The van der Waals surface area contributed by atoms with Gasteiger partial charge in [-0.05, 0) is 92.1 Å². The van der Waals surface area contributed by atoms with Crippen LogP contribution in [0, 0.1) is 11.7 Å². The van der Waals surface area contributed by atoms with Gasteiger partial charge >= 0.3 is 5.97 Å². The smallest absolute Gasteiger partial charge is 0.336 e. The molecule has 3 N–H and O–H groups in total. The van der Waals surface area contributed by atoms with Crippen LogP contribution in [0.2, 0.25) is 5.02 Å². The maximum absolute atomic E-state index is 15.1. The molecule has 4 aromatic carbocycles. The van der Waals surface area contributed by atoms with E-state index in [0.717, 1.165) is 6.07 Å². The van der Waals surface area contributed by atoms with Crippen molar-refractivity contribution in [3.8, 4) is 0 Å². The summed E-state index contributed by atoms with van der Waals surface area (Å²) in [7, 11) is 0. The largest absolute Gasteiger partial charge is 0.478 e. The van der Waals surface area contributed by atoms with Crippen molar-refractivity contribution in [2.24, 2.45) is 5.92 Å². The normalized spacial score (nSPS) is 16.0. The van der Waals surface area contributed by atoms with Crippen molar-refractivity contribution in [3.05, 3.63) is 141 Å². The highest BCUT2D eigenvalue weighted by molar-refractivity contribution is 6.30. The summed E-state index contributed by atoms with van der Waals surface area (Å²) in [6, 6.07) is 29.9. The minimum Gasteiger partial charge on any atom is -0.478 e. The molecule has 0 amide bonds. The van der Waals surface area contributed by atoms with Gasteiger partial charge in [0.2, 0.25) is 0 Å². The van der Waals surface area contributed by atoms with Gasteiger partial charge in [0.1, 0.15) is 5.82 Å². The van der Waals surface area contributed by atoms with Gasteiger partial charge in [0, 0.05) is 35.9 Å². The van der Waals surface area contributed by atoms with E-state index in [-0.39, 0.29) is 23.5 Å². The fourth-order valence-corrected chi connectivity index (χ4v) is 6.08. The molecule has 0 bridgehead atoms. The number of benzene rings is 4. The van der Waals surface area contributed by atoms with E-state index < -0.39 is 34.3 Å². The van der Waals surface area contributed by atoms with Crippen LogP contribution in [0.15, 0.2) is 97.1 Å². The van der Waals surface area contributed by atoms with Crippen LogP contribution in [0.3, 0.4) is 0 Å². The Labute approximate surface area is 275 Å². The zero-order valence-corrected chi connectivity index (χ0v) is 27.1. The minimum atomic E-state index is -1.44. The molecule has 0 saturated carbocycles. The number of carboxylic acids is 1. The molecule has 0 radical (unpaired) electrons. The number of carbonyl (C=O) groups excluding carboxylic acids is 1. The molecule has 0 spiro atoms. The Morgan fingerprint density at radius 1 is 0.913 bits per heavy atom. The number of ketones is 1. The van der Waals surface area contributed by atoms with E-state index in [1.807, 2.05) is 0 Å². The van der Waals surface area contributed by atoms with E-state index >= 15 is 4.39 Å². The molecule has 5 rings (SSSR count). The Morgan fingerprint density at radius 2 is 1.43 bits per heavy atom. The standard InChI is InChI=1S/C22H22ClFO5.C16H19N/c1-2-22(28,14-7-9-29-10-8-14)15-11-17(21(26)27)19(18(24)12-15)20(25)13-3-5-16(23)6-4-13;1-13(15-9-5-3-6-10-15)17-14(2)16-11-7-4-8-12-16/h3-6,11-12,14,28H,2,7-10H2,1H3,(H,26,27);3-14,17H,1-2H3. The molecule has 1 aliphatic heterocycles. The van der Waals surface area contributed by atoms with Crippen LogP contribution in [0.5, 0.6) is 0 Å².